The van der Waals surface area contributed by atoms with Gasteiger partial charge in [0.2, 0.25) is 5.91 Å². The van der Waals surface area contributed by atoms with Crippen LogP contribution in [0.2, 0.25) is 0 Å². The van der Waals surface area contributed by atoms with Gasteiger partial charge in [0.05, 0.1) is 5.38 Å². The van der Waals surface area contributed by atoms with Crippen molar-refractivity contribution in [3.05, 3.63) is 0 Å². The summed E-state index contributed by atoms with van der Waals surface area (Å²) in [6, 6.07) is 0. The molecule has 1 N–H and O–H groups in total. The molecule has 0 spiro atoms. The Morgan fingerprint density at radius 2 is 2.06 bits per heavy atom. The van der Waals surface area contributed by atoms with Gasteiger partial charge in [0.1, 0.15) is 0 Å². The summed E-state index contributed by atoms with van der Waals surface area (Å²) in [5.74, 6) is 0.754. The molecule has 0 heterocycles. The summed E-state index contributed by atoms with van der Waals surface area (Å²) in [5, 5.41) is 3.05. The molecule has 0 aliphatic heterocycles. The first-order chi connectivity index (χ1) is 7.84. The summed E-state index contributed by atoms with van der Waals surface area (Å²) in [7, 11) is 0. The molecule has 0 bridgehead atoms. The third kappa shape index (κ3) is 4.17. The molecule has 1 aliphatic carbocycles. The average Bonchev–Trinajstić information content (AvgIpc) is 2.24. The average molecular weight is 260 g/mol. The second-order valence-electron chi connectivity index (χ2n) is 6.29. The second kappa shape index (κ2) is 6.08. The molecule has 1 aliphatic rings. The first-order valence-electron chi connectivity index (χ1n) is 6.76. The SMILES string of the molecule is CC(C)C(Cl)CNC(=O)C1CCCCC1(C)C. The summed E-state index contributed by atoms with van der Waals surface area (Å²) in [6.45, 7) is 9.15. The normalized spacial score (nSPS) is 25.6. The number of halogens is 1. The maximum atomic E-state index is 12.2. The first-order valence-corrected chi connectivity index (χ1v) is 7.20. The van der Waals surface area contributed by atoms with Gasteiger partial charge in [-0.05, 0) is 24.2 Å². The molecule has 1 rings (SSSR count). The number of nitrogens with one attached hydrogen (secondary N) is 1. The van der Waals surface area contributed by atoms with Crippen molar-refractivity contribution in [3.8, 4) is 0 Å². The molecule has 0 aromatic rings. The second-order valence-corrected chi connectivity index (χ2v) is 6.85. The summed E-state index contributed by atoms with van der Waals surface area (Å²) in [5.41, 5.74) is 0.141. The van der Waals surface area contributed by atoms with Crippen LogP contribution < -0.4 is 5.32 Å². The van der Waals surface area contributed by atoms with E-state index in [1.807, 2.05) is 0 Å². The van der Waals surface area contributed by atoms with Crippen LogP contribution in [0.5, 0.6) is 0 Å². The van der Waals surface area contributed by atoms with Crippen molar-refractivity contribution in [2.45, 2.75) is 58.8 Å². The van der Waals surface area contributed by atoms with Crippen molar-refractivity contribution in [2.24, 2.45) is 17.3 Å². The molecular formula is C14H26ClNO. The van der Waals surface area contributed by atoms with Gasteiger partial charge >= 0.3 is 0 Å². The first kappa shape index (κ1) is 14.8. The lowest BCUT2D eigenvalue weighted by Crippen LogP contribution is -2.43. The molecule has 2 nitrogen and oxygen atoms in total. The highest BCUT2D eigenvalue weighted by atomic mass is 35.5. The molecule has 0 aromatic heterocycles. The van der Waals surface area contributed by atoms with Crippen molar-refractivity contribution in [3.63, 3.8) is 0 Å². The van der Waals surface area contributed by atoms with E-state index in [1.54, 1.807) is 0 Å². The monoisotopic (exact) mass is 259 g/mol. The summed E-state index contributed by atoms with van der Waals surface area (Å²) in [6.07, 6.45) is 4.60. The van der Waals surface area contributed by atoms with Gasteiger partial charge in [0, 0.05) is 12.5 Å². The van der Waals surface area contributed by atoms with Crippen molar-refractivity contribution >= 4 is 17.5 Å². The third-order valence-corrected chi connectivity index (χ3v) is 4.68. The van der Waals surface area contributed by atoms with Crippen LogP contribution in [0.15, 0.2) is 0 Å². The summed E-state index contributed by atoms with van der Waals surface area (Å²) in [4.78, 5) is 12.2. The molecule has 3 heteroatoms. The number of hydrogen-bond donors (Lipinski definition) is 1. The Hall–Kier alpha value is -0.240. The molecule has 0 radical (unpaired) electrons. The zero-order chi connectivity index (χ0) is 13.1. The molecule has 1 saturated carbocycles. The van der Waals surface area contributed by atoms with E-state index in [2.05, 4.69) is 33.0 Å². The van der Waals surface area contributed by atoms with Crippen molar-refractivity contribution in [2.75, 3.05) is 6.54 Å². The maximum Gasteiger partial charge on any atom is 0.223 e. The summed E-state index contributed by atoms with van der Waals surface area (Å²) < 4.78 is 0. The van der Waals surface area contributed by atoms with Crippen molar-refractivity contribution in [1.29, 1.82) is 0 Å². The van der Waals surface area contributed by atoms with Gasteiger partial charge in [0.25, 0.3) is 0 Å². The lowest BCUT2D eigenvalue weighted by molar-refractivity contribution is -0.130. The van der Waals surface area contributed by atoms with E-state index >= 15 is 0 Å². The number of amides is 1. The van der Waals surface area contributed by atoms with E-state index in [0.717, 1.165) is 12.8 Å². The number of rotatable bonds is 4. The number of alkyl halides is 1. The van der Waals surface area contributed by atoms with Gasteiger partial charge < -0.3 is 5.32 Å². The van der Waals surface area contributed by atoms with E-state index < -0.39 is 0 Å². The standard InChI is InChI=1S/C14H26ClNO/c1-10(2)12(15)9-16-13(17)11-7-5-6-8-14(11,3)4/h10-12H,5-9H2,1-4H3,(H,16,17). The Morgan fingerprint density at radius 1 is 1.41 bits per heavy atom. The zero-order valence-corrected chi connectivity index (χ0v) is 12.3. The highest BCUT2D eigenvalue weighted by Gasteiger charge is 2.37. The lowest BCUT2D eigenvalue weighted by atomic mass is 9.68. The van der Waals surface area contributed by atoms with E-state index in [1.165, 1.54) is 12.8 Å². The number of carbonyl (C=O) groups excluding carboxylic acids is 1. The Bertz CT molecular complexity index is 263. The van der Waals surface area contributed by atoms with Crippen molar-refractivity contribution < 1.29 is 4.79 Å². The smallest absolute Gasteiger partial charge is 0.223 e. The fourth-order valence-corrected chi connectivity index (χ4v) is 2.61. The van der Waals surface area contributed by atoms with Crippen LogP contribution in [0, 0.1) is 17.3 Å². The molecule has 0 saturated heterocycles. The van der Waals surface area contributed by atoms with E-state index in [9.17, 15) is 4.79 Å². The van der Waals surface area contributed by atoms with E-state index in [0.29, 0.717) is 12.5 Å². The molecule has 0 aromatic carbocycles. The van der Waals surface area contributed by atoms with Crippen LogP contribution in [0.3, 0.4) is 0 Å². The van der Waals surface area contributed by atoms with Crippen LogP contribution >= 0.6 is 11.6 Å². The van der Waals surface area contributed by atoms with Gasteiger partial charge in [-0.15, -0.1) is 11.6 Å². The van der Waals surface area contributed by atoms with Gasteiger partial charge in [-0.3, -0.25) is 4.79 Å². The van der Waals surface area contributed by atoms with Gasteiger partial charge in [-0.1, -0.05) is 40.5 Å². The van der Waals surface area contributed by atoms with Crippen LogP contribution in [-0.4, -0.2) is 17.8 Å². The minimum Gasteiger partial charge on any atom is -0.354 e. The zero-order valence-electron chi connectivity index (χ0n) is 11.6. The number of hydrogen-bond acceptors (Lipinski definition) is 1. The lowest BCUT2D eigenvalue weighted by Gasteiger charge is -2.37. The minimum atomic E-state index is 0.0330. The maximum absolute atomic E-state index is 12.2. The molecule has 2 atom stereocenters. The number of carbonyl (C=O) groups is 1. The molecule has 1 fully saturated rings. The predicted octanol–water partition coefficient (Wildman–Crippen LogP) is 3.58. The fraction of sp³-hybridized carbons (Fsp3) is 0.929. The Balaban J connectivity index is 2.46. The largest absolute Gasteiger partial charge is 0.354 e. The summed E-state index contributed by atoms with van der Waals surface area (Å²) >= 11 is 6.16. The molecule has 1 amide bonds. The van der Waals surface area contributed by atoms with Crippen LogP contribution in [0.4, 0.5) is 0 Å². The molecule has 2 unspecified atom stereocenters. The van der Waals surface area contributed by atoms with Crippen LogP contribution in [0.1, 0.15) is 53.4 Å². The van der Waals surface area contributed by atoms with Crippen molar-refractivity contribution in [1.82, 2.24) is 5.32 Å². The van der Waals surface area contributed by atoms with Gasteiger partial charge in [0.15, 0.2) is 0 Å². The quantitative estimate of drug-likeness (QED) is 0.769. The molecule has 17 heavy (non-hydrogen) atoms. The Labute approximate surface area is 110 Å². The van der Waals surface area contributed by atoms with Crippen LogP contribution in [-0.2, 0) is 4.79 Å². The topological polar surface area (TPSA) is 29.1 Å². The highest BCUT2D eigenvalue weighted by Crippen LogP contribution is 2.40. The fourth-order valence-electron chi connectivity index (χ4n) is 2.54. The molecule has 100 valence electrons. The van der Waals surface area contributed by atoms with E-state index in [-0.39, 0.29) is 22.6 Å². The highest BCUT2D eigenvalue weighted by molar-refractivity contribution is 6.21. The third-order valence-electron chi connectivity index (χ3n) is 4.02. The molecular weight excluding hydrogens is 234 g/mol. The Kier molecular flexibility index (Phi) is 5.30. The van der Waals surface area contributed by atoms with Gasteiger partial charge in [-0.2, -0.15) is 0 Å². The minimum absolute atomic E-state index is 0.0330. The Morgan fingerprint density at radius 3 is 2.59 bits per heavy atom. The van der Waals surface area contributed by atoms with E-state index in [4.69, 9.17) is 11.6 Å². The predicted molar refractivity (Wildman–Crippen MR) is 73.2 cm³/mol. The van der Waals surface area contributed by atoms with Crippen LogP contribution in [0.25, 0.3) is 0 Å². The van der Waals surface area contributed by atoms with Gasteiger partial charge in [-0.25, -0.2) is 0 Å².